The zero-order valence-electron chi connectivity index (χ0n) is 7.43. The maximum absolute atomic E-state index is 10.8. The van der Waals surface area contributed by atoms with Gasteiger partial charge in [-0.3, -0.25) is 9.78 Å². The molecule has 14 heavy (non-hydrogen) atoms. The third kappa shape index (κ3) is 2.52. The Morgan fingerprint density at radius 3 is 2.64 bits per heavy atom. The van der Waals surface area contributed by atoms with E-state index in [2.05, 4.69) is 11.6 Å². The summed E-state index contributed by atoms with van der Waals surface area (Å²) in [5, 5.41) is 8.35. The highest BCUT2D eigenvalue weighted by Gasteiger charge is 2.12. The molecule has 0 saturated heterocycles. The molecule has 0 unspecified atom stereocenters. The number of pyridine rings is 1. The Labute approximate surface area is 80.9 Å². The van der Waals surface area contributed by atoms with Crippen LogP contribution in [0.5, 0.6) is 0 Å². The molecule has 1 heterocycles. The van der Waals surface area contributed by atoms with Crippen LogP contribution < -0.4 is 0 Å². The molecule has 0 aliphatic rings. The summed E-state index contributed by atoms with van der Waals surface area (Å²) in [5.41, 5.74) is 1.28. The van der Waals surface area contributed by atoms with Crippen LogP contribution in [-0.4, -0.2) is 21.8 Å². The van der Waals surface area contributed by atoms with Crippen LogP contribution in [-0.2, 0) is 16.0 Å². The Bertz CT molecular complexity index is 367. The molecule has 1 rings (SSSR count). The number of aromatic nitrogens is 1. The second-order valence-corrected chi connectivity index (χ2v) is 2.69. The summed E-state index contributed by atoms with van der Waals surface area (Å²) in [5.74, 6) is -2.29. The number of Topliss-reactive ketones (excluding diaryl/α,β-unsaturated/α-hetero) is 1. The number of carbonyl (C=O) groups is 2. The van der Waals surface area contributed by atoms with Gasteiger partial charge >= 0.3 is 5.97 Å². The fourth-order valence-electron chi connectivity index (χ4n) is 0.901. The van der Waals surface area contributed by atoms with Crippen molar-refractivity contribution in [1.29, 1.82) is 0 Å². The van der Waals surface area contributed by atoms with E-state index in [4.69, 9.17) is 5.11 Å². The van der Waals surface area contributed by atoms with Crippen LogP contribution >= 0.6 is 0 Å². The molecule has 0 aromatic carbocycles. The standard InChI is InChI=1S/C10H9NO3/c1-2-7-3-4-8(11-6-7)5-9(12)10(13)14/h2-4,6H,1,5H2,(H,13,14). The summed E-state index contributed by atoms with van der Waals surface area (Å²) in [7, 11) is 0. The van der Waals surface area contributed by atoms with Crippen LogP contribution in [0.1, 0.15) is 11.3 Å². The number of carboxylic acid groups (broad SMARTS) is 1. The number of rotatable bonds is 4. The molecule has 0 aliphatic heterocycles. The molecule has 72 valence electrons. The minimum absolute atomic E-state index is 0.174. The molecule has 0 bridgehead atoms. The van der Waals surface area contributed by atoms with E-state index in [-0.39, 0.29) is 6.42 Å². The van der Waals surface area contributed by atoms with Gasteiger partial charge in [0.1, 0.15) is 0 Å². The molecule has 1 N–H and O–H groups in total. The quantitative estimate of drug-likeness (QED) is 0.718. The zero-order chi connectivity index (χ0) is 10.6. The molecule has 0 fully saturated rings. The number of nitrogens with zero attached hydrogens (tertiary/aromatic N) is 1. The lowest BCUT2D eigenvalue weighted by Crippen LogP contribution is -2.15. The van der Waals surface area contributed by atoms with Gasteiger partial charge in [-0.15, -0.1) is 0 Å². The molecular formula is C10H9NO3. The predicted molar refractivity (Wildman–Crippen MR) is 50.7 cm³/mol. The minimum Gasteiger partial charge on any atom is -0.475 e. The second kappa shape index (κ2) is 4.32. The van der Waals surface area contributed by atoms with Crippen molar-refractivity contribution in [3.63, 3.8) is 0 Å². The highest BCUT2D eigenvalue weighted by molar-refractivity contribution is 6.33. The van der Waals surface area contributed by atoms with Gasteiger partial charge in [-0.25, -0.2) is 4.79 Å². The van der Waals surface area contributed by atoms with Crippen LogP contribution in [0, 0.1) is 0 Å². The molecule has 0 aliphatic carbocycles. The molecule has 0 saturated carbocycles. The maximum Gasteiger partial charge on any atom is 0.372 e. The Hall–Kier alpha value is -1.97. The summed E-state index contributed by atoms with van der Waals surface area (Å²) in [4.78, 5) is 25.0. The topological polar surface area (TPSA) is 67.3 Å². The summed E-state index contributed by atoms with van der Waals surface area (Å²) in [6.45, 7) is 3.55. The Kier molecular flexibility index (Phi) is 3.12. The molecule has 1 aromatic heterocycles. The van der Waals surface area contributed by atoms with Crippen molar-refractivity contribution >= 4 is 17.8 Å². The van der Waals surface area contributed by atoms with Crippen LogP contribution in [0.4, 0.5) is 0 Å². The van der Waals surface area contributed by atoms with E-state index in [9.17, 15) is 9.59 Å². The van der Waals surface area contributed by atoms with Crippen LogP contribution in [0.3, 0.4) is 0 Å². The van der Waals surface area contributed by atoms with Crippen molar-refractivity contribution in [2.24, 2.45) is 0 Å². The van der Waals surface area contributed by atoms with E-state index < -0.39 is 11.8 Å². The Morgan fingerprint density at radius 1 is 1.50 bits per heavy atom. The average Bonchev–Trinajstić information content (AvgIpc) is 2.19. The number of carbonyl (C=O) groups excluding carboxylic acids is 1. The van der Waals surface area contributed by atoms with Crippen molar-refractivity contribution in [2.75, 3.05) is 0 Å². The molecule has 4 heteroatoms. The van der Waals surface area contributed by atoms with Gasteiger partial charge in [0.05, 0.1) is 6.42 Å². The van der Waals surface area contributed by atoms with Gasteiger partial charge in [0.2, 0.25) is 5.78 Å². The molecule has 4 nitrogen and oxygen atoms in total. The van der Waals surface area contributed by atoms with Gasteiger partial charge in [-0.05, 0) is 11.6 Å². The van der Waals surface area contributed by atoms with Crippen molar-refractivity contribution in [3.05, 3.63) is 36.2 Å². The van der Waals surface area contributed by atoms with Gasteiger partial charge in [0.25, 0.3) is 0 Å². The van der Waals surface area contributed by atoms with Crippen LogP contribution in [0.15, 0.2) is 24.9 Å². The van der Waals surface area contributed by atoms with Crippen LogP contribution in [0.2, 0.25) is 0 Å². The normalized spacial score (nSPS) is 9.43. The number of hydrogen-bond donors (Lipinski definition) is 1. The number of carboxylic acids is 1. The van der Waals surface area contributed by atoms with E-state index in [1.165, 1.54) is 6.20 Å². The summed E-state index contributed by atoms with van der Waals surface area (Å²) < 4.78 is 0. The fourth-order valence-corrected chi connectivity index (χ4v) is 0.901. The molecular weight excluding hydrogens is 182 g/mol. The van der Waals surface area contributed by atoms with Crippen molar-refractivity contribution in [3.8, 4) is 0 Å². The van der Waals surface area contributed by atoms with E-state index >= 15 is 0 Å². The number of aliphatic carboxylic acids is 1. The molecule has 1 aromatic rings. The Balaban J connectivity index is 2.73. The van der Waals surface area contributed by atoms with Crippen molar-refractivity contribution < 1.29 is 14.7 Å². The van der Waals surface area contributed by atoms with Gasteiger partial charge in [0.15, 0.2) is 0 Å². The van der Waals surface area contributed by atoms with E-state index in [0.717, 1.165) is 5.56 Å². The third-order valence-electron chi connectivity index (χ3n) is 1.66. The van der Waals surface area contributed by atoms with Gasteiger partial charge in [0, 0.05) is 11.9 Å². The molecule has 0 spiro atoms. The SMILES string of the molecule is C=Cc1ccc(CC(=O)C(=O)O)nc1. The lowest BCUT2D eigenvalue weighted by atomic mass is 10.2. The fraction of sp³-hybridized carbons (Fsp3) is 0.100. The third-order valence-corrected chi connectivity index (χ3v) is 1.66. The smallest absolute Gasteiger partial charge is 0.372 e. The summed E-state index contributed by atoms with van der Waals surface area (Å²) in [6, 6.07) is 3.34. The Morgan fingerprint density at radius 2 is 2.21 bits per heavy atom. The number of ketones is 1. The first kappa shape index (κ1) is 10.1. The van der Waals surface area contributed by atoms with Crippen molar-refractivity contribution in [2.45, 2.75) is 6.42 Å². The lowest BCUT2D eigenvalue weighted by Gasteiger charge is -1.97. The first-order valence-electron chi connectivity index (χ1n) is 3.97. The monoisotopic (exact) mass is 191 g/mol. The summed E-state index contributed by atoms with van der Waals surface area (Å²) >= 11 is 0. The van der Waals surface area contributed by atoms with Gasteiger partial charge < -0.3 is 5.11 Å². The first-order chi connectivity index (χ1) is 6.63. The molecule has 0 atom stereocenters. The van der Waals surface area contributed by atoms with Crippen LogP contribution in [0.25, 0.3) is 6.08 Å². The molecule has 0 amide bonds. The van der Waals surface area contributed by atoms with E-state index in [1.54, 1.807) is 18.2 Å². The molecule has 0 radical (unpaired) electrons. The average molecular weight is 191 g/mol. The number of hydrogen-bond acceptors (Lipinski definition) is 3. The first-order valence-corrected chi connectivity index (χ1v) is 3.97. The van der Waals surface area contributed by atoms with Gasteiger partial charge in [-0.2, -0.15) is 0 Å². The van der Waals surface area contributed by atoms with Crippen molar-refractivity contribution in [1.82, 2.24) is 4.98 Å². The summed E-state index contributed by atoms with van der Waals surface area (Å²) in [6.07, 6.45) is 2.99. The predicted octanol–water partition coefficient (Wildman–Crippen LogP) is 0.921. The van der Waals surface area contributed by atoms with E-state index in [1.807, 2.05) is 0 Å². The largest absolute Gasteiger partial charge is 0.475 e. The maximum atomic E-state index is 10.8. The van der Waals surface area contributed by atoms with E-state index in [0.29, 0.717) is 5.69 Å². The minimum atomic E-state index is -1.43. The second-order valence-electron chi connectivity index (χ2n) is 2.69. The zero-order valence-corrected chi connectivity index (χ0v) is 7.43. The lowest BCUT2D eigenvalue weighted by molar-refractivity contribution is -0.148. The highest BCUT2D eigenvalue weighted by Crippen LogP contribution is 2.02. The highest BCUT2D eigenvalue weighted by atomic mass is 16.4. The van der Waals surface area contributed by atoms with Gasteiger partial charge in [-0.1, -0.05) is 18.7 Å².